The molecule has 0 unspecified atom stereocenters. The first-order valence-corrected chi connectivity index (χ1v) is 4.58. The van der Waals surface area contributed by atoms with E-state index in [0.717, 1.165) is 6.07 Å². The molecule has 15 heavy (non-hydrogen) atoms. The highest BCUT2D eigenvalue weighted by molar-refractivity contribution is 5.96. The van der Waals surface area contributed by atoms with Gasteiger partial charge in [0.2, 0.25) is 0 Å². The third-order valence-electron chi connectivity index (χ3n) is 1.74. The molecule has 0 aliphatic heterocycles. The summed E-state index contributed by atoms with van der Waals surface area (Å²) in [7, 11) is 0. The third-order valence-corrected chi connectivity index (χ3v) is 1.74. The smallest absolute Gasteiger partial charge is 0.168 e. The van der Waals surface area contributed by atoms with Crippen molar-refractivity contribution in [2.24, 2.45) is 0 Å². The lowest BCUT2D eigenvalue weighted by atomic mass is 10.1. The largest absolute Gasteiger partial charge is 0.487 e. The topological polar surface area (TPSA) is 26.3 Å². The zero-order valence-corrected chi connectivity index (χ0v) is 8.80. The van der Waals surface area contributed by atoms with Crippen molar-refractivity contribution in [2.75, 3.05) is 0 Å². The van der Waals surface area contributed by atoms with Gasteiger partial charge in [-0.05, 0) is 26.8 Å². The summed E-state index contributed by atoms with van der Waals surface area (Å²) in [6, 6.07) is 1.67. The summed E-state index contributed by atoms with van der Waals surface area (Å²) in [4.78, 5) is 11.1. The molecule has 0 aliphatic carbocycles. The lowest BCUT2D eigenvalue weighted by Gasteiger charge is -2.13. The molecule has 0 bridgehead atoms. The van der Waals surface area contributed by atoms with Gasteiger partial charge in [0.05, 0.1) is 11.7 Å². The summed E-state index contributed by atoms with van der Waals surface area (Å²) in [6.07, 6.45) is -0.275. The number of Topliss-reactive ketones (excluding diaryl/α,β-unsaturated/α-hetero) is 1. The van der Waals surface area contributed by atoms with Gasteiger partial charge < -0.3 is 4.74 Å². The van der Waals surface area contributed by atoms with Crippen molar-refractivity contribution < 1.29 is 18.3 Å². The van der Waals surface area contributed by atoms with Gasteiger partial charge in [-0.15, -0.1) is 0 Å². The van der Waals surface area contributed by atoms with Crippen molar-refractivity contribution in [3.63, 3.8) is 0 Å². The van der Waals surface area contributed by atoms with Crippen LogP contribution in [0.3, 0.4) is 0 Å². The summed E-state index contributed by atoms with van der Waals surface area (Å²) in [5.41, 5.74) is -0.0683. The maximum atomic E-state index is 13.3. The molecule has 0 atom stereocenters. The van der Waals surface area contributed by atoms with Crippen LogP contribution in [0.5, 0.6) is 5.75 Å². The van der Waals surface area contributed by atoms with Crippen molar-refractivity contribution in [1.29, 1.82) is 0 Å². The first-order valence-electron chi connectivity index (χ1n) is 4.58. The van der Waals surface area contributed by atoms with Gasteiger partial charge in [0.1, 0.15) is 5.82 Å². The van der Waals surface area contributed by atoms with Gasteiger partial charge in [-0.3, -0.25) is 4.79 Å². The number of ketones is 1. The lowest BCUT2D eigenvalue weighted by molar-refractivity contribution is 0.101. The highest BCUT2D eigenvalue weighted by Gasteiger charge is 2.16. The van der Waals surface area contributed by atoms with E-state index in [4.69, 9.17) is 4.74 Å². The number of carbonyl (C=O) groups excluding carboxylic acids is 1. The fourth-order valence-corrected chi connectivity index (χ4v) is 1.18. The standard InChI is InChI=1S/C11H12F2O2/c1-6(2)15-11-9(7(3)14)4-8(12)5-10(11)13/h4-6H,1-3H3. The minimum Gasteiger partial charge on any atom is -0.487 e. The Hall–Kier alpha value is -1.45. The van der Waals surface area contributed by atoms with Crippen LogP contribution in [0.4, 0.5) is 8.78 Å². The Labute approximate surface area is 86.9 Å². The Morgan fingerprint density at radius 3 is 2.40 bits per heavy atom. The number of ether oxygens (including phenoxy) is 1. The molecule has 0 amide bonds. The predicted molar refractivity (Wildman–Crippen MR) is 52.1 cm³/mol. The zero-order chi connectivity index (χ0) is 11.6. The van der Waals surface area contributed by atoms with Crippen molar-refractivity contribution in [2.45, 2.75) is 26.9 Å². The minimum absolute atomic E-state index is 0.0683. The van der Waals surface area contributed by atoms with Crippen LogP contribution in [-0.2, 0) is 0 Å². The van der Waals surface area contributed by atoms with E-state index in [-0.39, 0.29) is 17.4 Å². The van der Waals surface area contributed by atoms with Crippen molar-refractivity contribution in [3.05, 3.63) is 29.3 Å². The third kappa shape index (κ3) is 2.75. The molecule has 82 valence electrons. The summed E-state index contributed by atoms with van der Waals surface area (Å²) < 4.78 is 31.3. The van der Waals surface area contributed by atoms with Crippen molar-refractivity contribution in [3.8, 4) is 5.75 Å². The van der Waals surface area contributed by atoms with E-state index in [0.29, 0.717) is 6.07 Å². The van der Waals surface area contributed by atoms with Crippen molar-refractivity contribution >= 4 is 5.78 Å². The van der Waals surface area contributed by atoms with Crippen LogP contribution in [0.2, 0.25) is 0 Å². The molecule has 1 aromatic rings. The molecular weight excluding hydrogens is 202 g/mol. The van der Waals surface area contributed by atoms with Crippen LogP contribution < -0.4 is 4.74 Å². The molecule has 4 heteroatoms. The molecule has 0 saturated carbocycles. The van der Waals surface area contributed by atoms with Crippen LogP contribution in [0, 0.1) is 11.6 Å². The Balaban J connectivity index is 3.27. The fourth-order valence-electron chi connectivity index (χ4n) is 1.18. The molecule has 0 N–H and O–H groups in total. The second-order valence-corrected chi connectivity index (χ2v) is 3.49. The lowest BCUT2D eigenvalue weighted by Crippen LogP contribution is -2.11. The van der Waals surface area contributed by atoms with E-state index in [1.54, 1.807) is 13.8 Å². The second kappa shape index (κ2) is 4.38. The van der Waals surface area contributed by atoms with E-state index in [1.807, 2.05) is 0 Å². The van der Waals surface area contributed by atoms with E-state index in [1.165, 1.54) is 6.92 Å². The van der Waals surface area contributed by atoms with Gasteiger partial charge in [0.15, 0.2) is 17.3 Å². The first-order chi connectivity index (χ1) is 6.91. The molecule has 0 heterocycles. The van der Waals surface area contributed by atoms with E-state index >= 15 is 0 Å². The van der Waals surface area contributed by atoms with Crippen LogP contribution in [-0.4, -0.2) is 11.9 Å². The SMILES string of the molecule is CC(=O)c1cc(F)cc(F)c1OC(C)C. The van der Waals surface area contributed by atoms with Crippen molar-refractivity contribution in [1.82, 2.24) is 0 Å². The average molecular weight is 214 g/mol. The van der Waals surface area contributed by atoms with Crippen LogP contribution >= 0.6 is 0 Å². The van der Waals surface area contributed by atoms with Gasteiger partial charge in [-0.25, -0.2) is 8.78 Å². The highest BCUT2D eigenvalue weighted by atomic mass is 19.1. The van der Waals surface area contributed by atoms with Gasteiger partial charge in [-0.2, -0.15) is 0 Å². The monoisotopic (exact) mass is 214 g/mol. The Kier molecular flexibility index (Phi) is 3.39. The van der Waals surface area contributed by atoms with Gasteiger partial charge in [0, 0.05) is 6.07 Å². The number of carbonyl (C=O) groups is 1. The van der Waals surface area contributed by atoms with E-state index in [9.17, 15) is 13.6 Å². The van der Waals surface area contributed by atoms with E-state index in [2.05, 4.69) is 0 Å². The fraction of sp³-hybridized carbons (Fsp3) is 0.364. The second-order valence-electron chi connectivity index (χ2n) is 3.49. The zero-order valence-electron chi connectivity index (χ0n) is 8.80. The maximum absolute atomic E-state index is 13.3. The Morgan fingerprint density at radius 2 is 1.93 bits per heavy atom. The number of hydrogen-bond donors (Lipinski definition) is 0. The molecule has 0 fully saturated rings. The van der Waals surface area contributed by atoms with Crippen LogP contribution in [0.15, 0.2) is 12.1 Å². The minimum atomic E-state index is -0.853. The molecule has 1 aromatic carbocycles. The summed E-state index contributed by atoms with van der Waals surface area (Å²) in [5, 5.41) is 0. The summed E-state index contributed by atoms with van der Waals surface area (Å²) in [6.45, 7) is 4.64. The number of rotatable bonds is 3. The number of halogens is 2. The van der Waals surface area contributed by atoms with Gasteiger partial charge in [0.25, 0.3) is 0 Å². The Morgan fingerprint density at radius 1 is 1.33 bits per heavy atom. The summed E-state index contributed by atoms with van der Waals surface area (Å²) >= 11 is 0. The van der Waals surface area contributed by atoms with Crippen LogP contribution in [0.25, 0.3) is 0 Å². The number of hydrogen-bond acceptors (Lipinski definition) is 2. The maximum Gasteiger partial charge on any atom is 0.168 e. The molecule has 2 nitrogen and oxygen atoms in total. The molecule has 0 aliphatic rings. The normalized spacial score (nSPS) is 10.5. The van der Waals surface area contributed by atoms with E-state index < -0.39 is 17.4 Å². The molecular formula is C11H12F2O2. The average Bonchev–Trinajstić information content (AvgIpc) is 2.08. The number of benzene rings is 1. The van der Waals surface area contributed by atoms with Gasteiger partial charge in [-0.1, -0.05) is 0 Å². The highest BCUT2D eigenvalue weighted by Crippen LogP contribution is 2.25. The van der Waals surface area contributed by atoms with Gasteiger partial charge >= 0.3 is 0 Å². The molecule has 0 spiro atoms. The quantitative estimate of drug-likeness (QED) is 0.723. The Bertz CT molecular complexity index is 386. The molecule has 0 aromatic heterocycles. The summed E-state index contributed by atoms with van der Waals surface area (Å²) in [5.74, 6) is -2.24. The molecule has 0 saturated heterocycles. The van der Waals surface area contributed by atoms with Crippen LogP contribution in [0.1, 0.15) is 31.1 Å². The first kappa shape index (κ1) is 11.6. The molecule has 0 radical (unpaired) electrons. The predicted octanol–water partition coefficient (Wildman–Crippen LogP) is 2.95. The molecule has 1 rings (SSSR count).